The molecule has 0 aliphatic rings. The molecular weight excluding hydrogens is 162 g/mol. The van der Waals surface area contributed by atoms with Gasteiger partial charge in [0.1, 0.15) is 5.82 Å². The first-order valence-corrected chi connectivity index (χ1v) is 4.67. The quantitative estimate of drug-likeness (QED) is 0.706. The van der Waals surface area contributed by atoms with Gasteiger partial charge in [0.05, 0.1) is 5.69 Å². The van der Waals surface area contributed by atoms with Gasteiger partial charge in [-0.1, -0.05) is 13.8 Å². The Labute approximate surface area is 80.4 Å². The Morgan fingerprint density at radius 2 is 2.08 bits per heavy atom. The topological polar surface area (TPSA) is 21.1 Å². The summed E-state index contributed by atoms with van der Waals surface area (Å²) in [6, 6.07) is 0. The lowest BCUT2D eigenvalue weighted by Crippen LogP contribution is -2.14. The second-order valence-electron chi connectivity index (χ2n) is 4.06. The summed E-state index contributed by atoms with van der Waals surface area (Å²) < 4.78 is 2.19. The van der Waals surface area contributed by atoms with Gasteiger partial charge in [0.2, 0.25) is 0 Å². The normalized spacial score (nSPS) is 11.6. The maximum absolute atomic E-state index is 4.40. The van der Waals surface area contributed by atoms with Gasteiger partial charge in [0.25, 0.3) is 0 Å². The summed E-state index contributed by atoms with van der Waals surface area (Å²) >= 11 is 0. The summed E-state index contributed by atoms with van der Waals surface area (Å²) in [5.74, 6) is 1.66. The Balaban J connectivity index is 2.86. The molecule has 3 nitrogen and oxygen atoms in total. The van der Waals surface area contributed by atoms with Crippen molar-refractivity contribution in [1.82, 2.24) is 14.5 Å². The highest BCUT2D eigenvalue weighted by atomic mass is 15.1. The third-order valence-electron chi connectivity index (χ3n) is 2.11. The van der Waals surface area contributed by atoms with Crippen LogP contribution in [0.1, 0.15) is 31.3 Å². The van der Waals surface area contributed by atoms with Crippen LogP contribution in [-0.2, 0) is 13.6 Å². The van der Waals surface area contributed by atoms with E-state index in [1.54, 1.807) is 0 Å². The molecule has 0 atom stereocenters. The molecule has 0 saturated heterocycles. The van der Waals surface area contributed by atoms with Gasteiger partial charge in [-0.2, -0.15) is 0 Å². The monoisotopic (exact) mass is 181 g/mol. The van der Waals surface area contributed by atoms with Crippen LogP contribution in [0, 0.1) is 0 Å². The number of hydrogen-bond donors (Lipinski definition) is 0. The number of nitrogens with zero attached hydrogens (tertiary/aromatic N) is 3. The molecule has 1 aromatic heterocycles. The van der Waals surface area contributed by atoms with E-state index in [0.717, 1.165) is 12.4 Å². The Bertz CT molecular complexity index is 274. The smallest absolute Gasteiger partial charge is 0.111 e. The van der Waals surface area contributed by atoms with Crippen molar-refractivity contribution in [3.8, 4) is 0 Å². The maximum Gasteiger partial charge on any atom is 0.111 e. The second kappa shape index (κ2) is 3.92. The highest BCUT2D eigenvalue weighted by molar-refractivity contribution is 5.07. The predicted molar refractivity (Wildman–Crippen MR) is 54.7 cm³/mol. The van der Waals surface area contributed by atoms with Crippen molar-refractivity contribution in [2.24, 2.45) is 7.05 Å². The van der Waals surface area contributed by atoms with E-state index in [9.17, 15) is 0 Å². The fourth-order valence-corrected chi connectivity index (χ4v) is 1.47. The molecule has 0 saturated carbocycles. The minimum atomic E-state index is 0.501. The van der Waals surface area contributed by atoms with Gasteiger partial charge < -0.3 is 9.47 Å². The lowest BCUT2D eigenvalue weighted by molar-refractivity contribution is 0.390. The minimum Gasteiger partial charge on any atom is -0.334 e. The highest BCUT2D eigenvalue weighted by Gasteiger charge is 2.09. The first-order chi connectivity index (χ1) is 6.02. The summed E-state index contributed by atoms with van der Waals surface area (Å²) in [5.41, 5.74) is 1.27. The van der Waals surface area contributed by atoms with Gasteiger partial charge in [0, 0.05) is 25.7 Å². The fourth-order valence-electron chi connectivity index (χ4n) is 1.47. The van der Waals surface area contributed by atoms with E-state index in [0.29, 0.717) is 5.92 Å². The van der Waals surface area contributed by atoms with Gasteiger partial charge >= 0.3 is 0 Å². The van der Waals surface area contributed by atoms with E-state index in [2.05, 4.69) is 49.4 Å². The number of aromatic nitrogens is 2. The van der Waals surface area contributed by atoms with E-state index in [-0.39, 0.29) is 0 Å². The predicted octanol–water partition coefficient (Wildman–Crippen LogP) is 1.61. The van der Waals surface area contributed by atoms with Crippen molar-refractivity contribution in [3.05, 3.63) is 17.7 Å². The van der Waals surface area contributed by atoms with E-state index in [4.69, 9.17) is 0 Å². The summed E-state index contributed by atoms with van der Waals surface area (Å²) in [6.45, 7) is 5.29. The van der Waals surface area contributed by atoms with Crippen molar-refractivity contribution >= 4 is 0 Å². The molecule has 1 rings (SSSR count). The third kappa shape index (κ3) is 2.31. The van der Waals surface area contributed by atoms with Gasteiger partial charge in [-0.15, -0.1) is 0 Å². The highest BCUT2D eigenvalue weighted by Crippen LogP contribution is 2.13. The SMILES string of the molecule is CC(C)c1ncc(CN(C)C)n1C. The van der Waals surface area contributed by atoms with E-state index >= 15 is 0 Å². The van der Waals surface area contributed by atoms with Crippen molar-refractivity contribution < 1.29 is 0 Å². The molecule has 0 amide bonds. The van der Waals surface area contributed by atoms with Crippen molar-refractivity contribution in [3.63, 3.8) is 0 Å². The molecule has 3 heteroatoms. The molecule has 0 spiro atoms. The van der Waals surface area contributed by atoms with E-state index in [1.165, 1.54) is 5.69 Å². The zero-order valence-corrected chi connectivity index (χ0v) is 9.20. The van der Waals surface area contributed by atoms with Crippen LogP contribution < -0.4 is 0 Å². The average molecular weight is 181 g/mol. The Kier molecular flexibility index (Phi) is 3.09. The zero-order chi connectivity index (χ0) is 10.0. The summed E-state index contributed by atoms with van der Waals surface area (Å²) in [6.07, 6.45) is 1.97. The standard InChI is InChI=1S/C10H19N3/c1-8(2)10-11-6-9(13(10)5)7-12(3)4/h6,8H,7H2,1-5H3. The Hall–Kier alpha value is -0.830. The van der Waals surface area contributed by atoms with Crippen LogP contribution in [0.15, 0.2) is 6.20 Å². The number of imidazole rings is 1. The fraction of sp³-hybridized carbons (Fsp3) is 0.700. The zero-order valence-electron chi connectivity index (χ0n) is 9.20. The molecular formula is C10H19N3. The second-order valence-corrected chi connectivity index (χ2v) is 4.06. The first kappa shape index (κ1) is 10.3. The van der Waals surface area contributed by atoms with Crippen molar-refractivity contribution in [1.29, 1.82) is 0 Å². The lowest BCUT2D eigenvalue weighted by atomic mass is 10.2. The molecule has 0 aliphatic carbocycles. The summed E-state index contributed by atoms with van der Waals surface area (Å²) in [7, 11) is 6.23. The minimum absolute atomic E-state index is 0.501. The molecule has 0 N–H and O–H groups in total. The van der Waals surface area contributed by atoms with Crippen LogP contribution in [0.2, 0.25) is 0 Å². The Morgan fingerprint density at radius 1 is 1.46 bits per heavy atom. The Morgan fingerprint density at radius 3 is 2.46 bits per heavy atom. The van der Waals surface area contributed by atoms with Crippen molar-refractivity contribution in [2.45, 2.75) is 26.3 Å². The molecule has 0 fully saturated rings. The van der Waals surface area contributed by atoms with Gasteiger partial charge in [0.15, 0.2) is 0 Å². The number of rotatable bonds is 3. The van der Waals surface area contributed by atoms with Crippen molar-refractivity contribution in [2.75, 3.05) is 14.1 Å². The molecule has 0 radical (unpaired) electrons. The molecule has 13 heavy (non-hydrogen) atoms. The summed E-state index contributed by atoms with van der Waals surface area (Å²) in [5, 5.41) is 0. The van der Waals surface area contributed by atoms with Crippen LogP contribution in [0.4, 0.5) is 0 Å². The van der Waals surface area contributed by atoms with Gasteiger partial charge in [-0.3, -0.25) is 0 Å². The van der Waals surface area contributed by atoms with Crippen LogP contribution in [0.25, 0.3) is 0 Å². The van der Waals surface area contributed by atoms with Gasteiger partial charge in [-0.25, -0.2) is 4.98 Å². The maximum atomic E-state index is 4.40. The molecule has 74 valence electrons. The van der Waals surface area contributed by atoms with E-state index in [1.807, 2.05) is 6.20 Å². The first-order valence-electron chi connectivity index (χ1n) is 4.67. The van der Waals surface area contributed by atoms with Crippen LogP contribution in [0.5, 0.6) is 0 Å². The van der Waals surface area contributed by atoms with Crippen LogP contribution >= 0.6 is 0 Å². The average Bonchev–Trinajstić information content (AvgIpc) is 2.32. The molecule has 0 aliphatic heterocycles. The van der Waals surface area contributed by atoms with Gasteiger partial charge in [-0.05, 0) is 14.1 Å². The molecule has 0 aromatic carbocycles. The van der Waals surface area contributed by atoms with E-state index < -0.39 is 0 Å². The number of hydrogen-bond acceptors (Lipinski definition) is 2. The van der Waals surface area contributed by atoms with Crippen LogP contribution in [0.3, 0.4) is 0 Å². The third-order valence-corrected chi connectivity index (χ3v) is 2.11. The summed E-state index contributed by atoms with van der Waals surface area (Å²) in [4.78, 5) is 6.56. The molecule has 0 unspecified atom stereocenters. The molecule has 1 heterocycles. The lowest BCUT2D eigenvalue weighted by Gasteiger charge is -2.11. The largest absolute Gasteiger partial charge is 0.334 e. The van der Waals surface area contributed by atoms with Crippen LogP contribution in [-0.4, -0.2) is 28.5 Å². The molecule has 0 bridgehead atoms. The molecule has 1 aromatic rings.